The van der Waals surface area contributed by atoms with Gasteiger partial charge in [-0.15, -0.1) is 0 Å². The number of carbonyl (C=O) groups is 2. The van der Waals surface area contributed by atoms with Crippen molar-refractivity contribution in [1.82, 2.24) is 23.8 Å². The third-order valence-electron chi connectivity index (χ3n) is 12.0. The molecule has 3 aliphatic heterocycles. The number of rotatable bonds is 10. The van der Waals surface area contributed by atoms with Gasteiger partial charge in [-0.05, 0) is 77.7 Å². The van der Waals surface area contributed by atoms with Crippen molar-refractivity contribution in [2.45, 2.75) is 26.1 Å². The monoisotopic (exact) mass is 822 g/mol. The Bertz CT molecular complexity index is 2270. The van der Waals surface area contributed by atoms with Gasteiger partial charge in [-0.2, -0.15) is 0 Å². The van der Waals surface area contributed by atoms with Gasteiger partial charge in [0, 0.05) is 123 Å². The van der Waals surface area contributed by atoms with Crippen LogP contribution < -0.4 is 14.7 Å². The molecule has 1 atom stereocenters. The molecule has 3 aliphatic rings. The number of aromatic carboxylic acids is 1. The summed E-state index contributed by atoms with van der Waals surface area (Å²) in [6, 6.07) is 26.9. The first-order chi connectivity index (χ1) is 28.0. The second-order valence-corrected chi connectivity index (χ2v) is 16.8. The average Bonchev–Trinajstić information content (AvgIpc) is 3.79. The van der Waals surface area contributed by atoms with Crippen LogP contribution in [0.1, 0.15) is 39.0 Å². The molecule has 0 bridgehead atoms. The van der Waals surface area contributed by atoms with Gasteiger partial charge < -0.3 is 33.8 Å². The Morgan fingerprint density at radius 2 is 1.19 bits per heavy atom. The Hall–Kier alpha value is -4.94. The molecular weight excluding hydrogens is 771 g/mol. The number of aromatic nitrogens is 2. The molecule has 5 heterocycles. The molecule has 3 fully saturated rings. The van der Waals surface area contributed by atoms with E-state index < -0.39 is 5.97 Å². The van der Waals surface area contributed by atoms with Crippen LogP contribution in [-0.4, -0.2) is 119 Å². The molecule has 1 N–H and O–H groups in total. The second-order valence-electron chi connectivity index (χ2n) is 16.0. The maximum absolute atomic E-state index is 14.0. The highest BCUT2D eigenvalue weighted by Gasteiger charge is 2.30. The minimum Gasteiger partial charge on any atom is -0.477 e. The summed E-state index contributed by atoms with van der Waals surface area (Å²) >= 11 is 13.3. The SMILES string of the molecule is CC1CN(c2cccc(-c3ccc(Cl)c(N4CCN(Cc5cc(C(=O)O)n(C)c5)CC4)c3)c2)CCN1C(=O)c1cc(CN2CCN(c3ccccc3Cl)CC2)cn1C. The van der Waals surface area contributed by atoms with Crippen molar-refractivity contribution in [2.24, 2.45) is 14.1 Å². The van der Waals surface area contributed by atoms with Crippen LogP contribution >= 0.6 is 23.2 Å². The summed E-state index contributed by atoms with van der Waals surface area (Å²) in [5, 5.41) is 11.0. The normalized spacial score (nSPS) is 18.3. The number of halogens is 2. The van der Waals surface area contributed by atoms with Crippen molar-refractivity contribution in [3.8, 4) is 11.1 Å². The van der Waals surface area contributed by atoms with E-state index in [1.165, 1.54) is 0 Å². The minimum atomic E-state index is -0.909. The van der Waals surface area contributed by atoms with Crippen LogP contribution in [0.3, 0.4) is 0 Å². The number of carbonyl (C=O) groups excluding carboxylic acids is 1. The second kappa shape index (κ2) is 17.1. The van der Waals surface area contributed by atoms with E-state index >= 15 is 0 Å². The molecule has 3 saturated heterocycles. The van der Waals surface area contributed by atoms with Crippen molar-refractivity contribution in [3.63, 3.8) is 0 Å². The molecule has 11 nitrogen and oxygen atoms in total. The lowest BCUT2D eigenvalue weighted by atomic mass is 10.0. The highest BCUT2D eigenvalue weighted by atomic mass is 35.5. The summed E-state index contributed by atoms with van der Waals surface area (Å²) in [5.74, 6) is -0.826. The molecule has 0 radical (unpaired) electrons. The zero-order chi connectivity index (χ0) is 40.5. The molecule has 0 aliphatic carbocycles. The summed E-state index contributed by atoms with van der Waals surface area (Å²) in [6.45, 7) is 12.9. The van der Waals surface area contributed by atoms with Gasteiger partial charge >= 0.3 is 5.97 Å². The van der Waals surface area contributed by atoms with E-state index in [2.05, 4.69) is 86.2 Å². The molecule has 2 aromatic heterocycles. The Labute approximate surface area is 351 Å². The van der Waals surface area contributed by atoms with E-state index in [1.54, 1.807) is 17.7 Å². The zero-order valence-electron chi connectivity index (χ0n) is 33.5. The van der Waals surface area contributed by atoms with Crippen molar-refractivity contribution in [1.29, 1.82) is 0 Å². The van der Waals surface area contributed by atoms with Gasteiger partial charge in [0.15, 0.2) is 0 Å². The summed E-state index contributed by atoms with van der Waals surface area (Å²) < 4.78 is 3.66. The average molecular weight is 824 g/mol. The summed E-state index contributed by atoms with van der Waals surface area (Å²) in [6.07, 6.45) is 4.01. The number of anilines is 3. The maximum Gasteiger partial charge on any atom is 0.352 e. The molecule has 1 unspecified atom stereocenters. The van der Waals surface area contributed by atoms with Crippen molar-refractivity contribution < 1.29 is 14.7 Å². The van der Waals surface area contributed by atoms with Crippen LogP contribution in [0, 0.1) is 0 Å². The van der Waals surface area contributed by atoms with Gasteiger partial charge in [0.1, 0.15) is 11.4 Å². The van der Waals surface area contributed by atoms with Gasteiger partial charge in [0.25, 0.3) is 5.91 Å². The van der Waals surface area contributed by atoms with E-state index in [1.807, 2.05) is 47.0 Å². The number of para-hydroxylation sites is 1. The number of carboxylic acids is 1. The Balaban J connectivity index is 0.862. The summed E-state index contributed by atoms with van der Waals surface area (Å²) in [5.41, 5.74) is 8.70. The van der Waals surface area contributed by atoms with Crippen LogP contribution in [0.25, 0.3) is 11.1 Å². The first kappa shape index (κ1) is 39.9. The number of amides is 1. The van der Waals surface area contributed by atoms with E-state index in [9.17, 15) is 14.7 Å². The predicted octanol–water partition coefficient (Wildman–Crippen LogP) is 7.03. The number of benzene rings is 3. The number of hydrogen-bond donors (Lipinski definition) is 1. The van der Waals surface area contributed by atoms with E-state index in [4.69, 9.17) is 23.2 Å². The van der Waals surface area contributed by atoms with Crippen LogP contribution in [0.2, 0.25) is 10.0 Å². The number of nitrogens with zero attached hydrogens (tertiary/aromatic N) is 8. The third kappa shape index (κ3) is 8.59. The Morgan fingerprint density at radius 3 is 1.81 bits per heavy atom. The lowest BCUT2D eigenvalue weighted by Gasteiger charge is -2.41. The van der Waals surface area contributed by atoms with E-state index in [0.717, 1.165) is 127 Å². The number of piperazine rings is 3. The lowest BCUT2D eigenvalue weighted by Crippen LogP contribution is -2.54. The number of hydrogen-bond acceptors (Lipinski definition) is 7. The molecule has 58 heavy (non-hydrogen) atoms. The summed E-state index contributed by atoms with van der Waals surface area (Å²) in [7, 11) is 3.75. The van der Waals surface area contributed by atoms with Crippen LogP contribution in [0.5, 0.6) is 0 Å². The number of carboxylic acid groups (broad SMARTS) is 1. The fourth-order valence-corrected chi connectivity index (χ4v) is 9.33. The van der Waals surface area contributed by atoms with Crippen molar-refractivity contribution in [2.75, 3.05) is 86.7 Å². The highest BCUT2D eigenvalue weighted by molar-refractivity contribution is 6.33. The lowest BCUT2D eigenvalue weighted by molar-refractivity contribution is 0.0661. The molecule has 0 spiro atoms. The van der Waals surface area contributed by atoms with E-state index in [0.29, 0.717) is 18.8 Å². The molecule has 1 amide bonds. The largest absolute Gasteiger partial charge is 0.477 e. The molecule has 304 valence electrons. The van der Waals surface area contributed by atoms with Crippen LogP contribution in [0.15, 0.2) is 91.3 Å². The van der Waals surface area contributed by atoms with E-state index in [-0.39, 0.29) is 11.9 Å². The van der Waals surface area contributed by atoms with Crippen LogP contribution in [0.4, 0.5) is 17.1 Å². The predicted molar refractivity (Wildman–Crippen MR) is 234 cm³/mol. The fraction of sp³-hybridized carbons (Fsp3) is 0.378. The molecule has 0 saturated carbocycles. The van der Waals surface area contributed by atoms with Gasteiger partial charge in [-0.3, -0.25) is 14.6 Å². The standard InChI is InChI=1S/C45H52Cl2N8O3/c1-32-27-54(21-22-55(32)44(56)42-23-33(28-48(42)2)30-50-13-17-52(18-14-50)40-10-5-4-9-38(40)46)37-8-6-7-35(25-37)36-11-12-39(47)41(26-36)53-19-15-51(16-20-53)31-34-24-43(45(57)58)49(3)29-34/h4-12,23-26,28-29,32H,13-22,27,30-31H2,1-3H3,(H,57,58). The maximum atomic E-state index is 14.0. The molecule has 13 heteroatoms. The molecule has 8 rings (SSSR count). The Kier molecular flexibility index (Phi) is 11.8. The highest BCUT2D eigenvalue weighted by Crippen LogP contribution is 2.34. The Morgan fingerprint density at radius 1 is 0.621 bits per heavy atom. The van der Waals surface area contributed by atoms with Gasteiger partial charge in [-0.25, -0.2) is 4.79 Å². The van der Waals surface area contributed by atoms with Crippen molar-refractivity contribution >= 4 is 52.1 Å². The molecule has 3 aromatic carbocycles. The first-order valence-electron chi connectivity index (χ1n) is 20.2. The molecular formula is C45H52Cl2N8O3. The minimum absolute atomic E-state index is 0.0445. The van der Waals surface area contributed by atoms with Gasteiger partial charge in [-0.1, -0.05) is 53.5 Å². The third-order valence-corrected chi connectivity index (χ3v) is 12.7. The quantitative estimate of drug-likeness (QED) is 0.161. The zero-order valence-corrected chi connectivity index (χ0v) is 35.0. The number of aryl methyl sites for hydroxylation is 2. The smallest absolute Gasteiger partial charge is 0.352 e. The summed E-state index contributed by atoms with van der Waals surface area (Å²) in [4.78, 5) is 39.4. The van der Waals surface area contributed by atoms with Gasteiger partial charge in [0.2, 0.25) is 0 Å². The van der Waals surface area contributed by atoms with Crippen molar-refractivity contribution in [3.05, 3.63) is 124 Å². The van der Waals surface area contributed by atoms with Crippen LogP contribution in [-0.2, 0) is 27.2 Å². The fourth-order valence-electron chi connectivity index (χ4n) is 8.84. The van der Waals surface area contributed by atoms with Gasteiger partial charge in [0.05, 0.1) is 21.4 Å². The molecule has 5 aromatic rings. The first-order valence-corrected chi connectivity index (χ1v) is 20.9. The topological polar surface area (TPSA) is 83.7 Å².